The number of hydrogen-bond acceptors (Lipinski definition) is 4. The third-order valence-electron chi connectivity index (χ3n) is 3.17. The average molecular weight is 318 g/mol. The number of phenols is 1. The molecule has 0 saturated heterocycles. The van der Waals surface area contributed by atoms with Crippen LogP contribution in [0.25, 0.3) is 0 Å². The minimum Gasteiger partial charge on any atom is -0.508 e. The first-order chi connectivity index (χ1) is 10.4. The van der Waals surface area contributed by atoms with Gasteiger partial charge in [-0.05, 0) is 55.3 Å². The molecule has 0 unspecified atom stereocenters. The predicted molar refractivity (Wildman–Crippen MR) is 86.4 cm³/mol. The van der Waals surface area contributed by atoms with Gasteiger partial charge in [-0.15, -0.1) is 0 Å². The van der Waals surface area contributed by atoms with E-state index in [1.54, 1.807) is 36.4 Å². The summed E-state index contributed by atoms with van der Waals surface area (Å²) in [6.07, 6.45) is 0.557. The van der Waals surface area contributed by atoms with Crippen LogP contribution in [0, 0.1) is 6.92 Å². The molecule has 0 aliphatic rings. The van der Waals surface area contributed by atoms with Crippen molar-refractivity contribution >= 4 is 15.7 Å². The first kappa shape index (κ1) is 16.0. The highest BCUT2D eigenvalue weighted by molar-refractivity contribution is 7.89. The maximum absolute atomic E-state index is 12.2. The van der Waals surface area contributed by atoms with Gasteiger partial charge >= 0.3 is 0 Å². The topological polar surface area (TPSA) is 78.8 Å². The summed E-state index contributed by atoms with van der Waals surface area (Å²) in [5.74, 6) is 0.152. The molecule has 0 atom stereocenters. The van der Waals surface area contributed by atoms with Gasteiger partial charge in [0, 0.05) is 0 Å². The summed E-state index contributed by atoms with van der Waals surface area (Å²) in [5.41, 5.74) is 2.34. The largest absolute Gasteiger partial charge is 0.508 e. The molecule has 2 aromatic rings. The second kappa shape index (κ2) is 6.62. The summed E-state index contributed by atoms with van der Waals surface area (Å²) < 4.78 is 24.4. The van der Waals surface area contributed by atoms with Crippen molar-refractivity contribution < 1.29 is 13.5 Å². The van der Waals surface area contributed by atoms with Gasteiger partial charge in [0.05, 0.1) is 10.6 Å². The van der Waals surface area contributed by atoms with Crippen LogP contribution in [0.5, 0.6) is 5.75 Å². The van der Waals surface area contributed by atoms with E-state index in [0.717, 1.165) is 11.1 Å². The number of nitrogens with zero attached hydrogens (tertiary/aromatic N) is 1. The molecule has 0 amide bonds. The average Bonchev–Trinajstić information content (AvgIpc) is 2.50. The van der Waals surface area contributed by atoms with E-state index in [2.05, 4.69) is 9.93 Å². The molecule has 0 spiro atoms. The molecule has 2 aromatic carbocycles. The SMILES string of the molecule is CC/C(=N/NS(=O)(=O)c1ccc(C)cc1)c1ccc(O)cc1. The summed E-state index contributed by atoms with van der Waals surface area (Å²) in [5, 5.41) is 13.3. The van der Waals surface area contributed by atoms with Gasteiger partial charge in [-0.3, -0.25) is 0 Å². The third-order valence-corrected chi connectivity index (χ3v) is 4.39. The Bertz CT molecular complexity index is 764. The highest BCUT2D eigenvalue weighted by Gasteiger charge is 2.13. The van der Waals surface area contributed by atoms with E-state index in [4.69, 9.17) is 0 Å². The molecule has 0 bridgehead atoms. The van der Waals surface area contributed by atoms with Gasteiger partial charge in [-0.25, -0.2) is 0 Å². The molecule has 0 saturated carbocycles. The molecule has 5 nitrogen and oxygen atoms in total. The first-order valence-corrected chi connectivity index (χ1v) is 8.35. The van der Waals surface area contributed by atoms with Crippen LogP contribution in [0.1, 0.15) is 24.5 Å². The first-order valence-electron chi connectivity index (χ1n) is 6.87. The Balaban J connectivity index is 2.24. The normalized spacial score (nSPS) is 12.2. The van der Waals surface area contributed by atoms with Crippen LogP contribution in [-0.4, -0.2) is 19.2 Å². The number of hydrazone groups is 1. The summed E-state index contributed by atoms with van der Waals surface area (Å²) in [7, 11) is -3.69. The van der Waals surface area contributed by atoms with Crippen molar-refractivity contribution in [2.45, 2.75) is 25.2 Å². The minimum atomic E-state index is -3.69. The Hall–Kier alpha value is -2.34. The van der Waals surface area contributed by atoms with Gasteiger partial charge in [0.2, 0.25) is 0 Å². The van der Waals surface area contributed by atoms with Gasteiger partial charge in [-0.1, -0.05) is 24.6 Å². The van der Waals surface area contributed by atoms with Gasteiger partial charge in [0.1, 0.15) is 5.75 Å². The van der Waals surface area contributed by atoms with Gasteiger partial charge in [0.15, 0.2) is 0 Å². The molecule has 0 fully saturated rings. The van der Waals surface area contributed by atoms with E-state index in [1.807, 2.05) is 13.8 Å². The molecule has 6 heteroatoms. The monoisotopic (exact) mass is 318 g/mol. The summed E-state index contributed by atoms with van der Waals surface area (Å²) in [4.78, 5) is 2.43. The second-order valence-electron chi connectivity index (χ2n) is 4.87. The molecule has 22 heavy (non-hydrogen) atoms. The maximum Gasteiger partial charge on any atom is 0.276 e. The number of rotatable bonds is 5. The molecule has 2 rings (SSSR count). The van der Waals surface area contributed by atoms with Crippen LogP contribution in [-0.2, 0) is 10.0 Å². The second-order valence-corrected chi connectivity index (χ2v) is 6.53. The smallest absolute Gasteiger partial charge is 0.276 e. The van der Waals surface area contributed by atoms with Crippen molar-refractivity contribution in [3.05, 3.63) is 59.7 Å². The Morgan fingerprint density at radius 2 is 1.68 bits per heavy atom. The van der Waals surface area contributed by atoms with Crippen molar-refractivity contribution in [3.8, 4) is 5.75 Å². The van der Waals surface area contributed by atoms with E-state index in [0.29, 0.717) is 12.1 Å². The Morgan fingerprint density at radius 3 is 2.23 bits per heavy atom. The molecule has 2 N–H and O–H groups in total. The van der Waals surface area contributed by atoms with Gasteiger partial charge in [0.25, 0.3) is 10.0 Å². The zero-order valence-electron chi connectivity index (χ0n) is 12.4. The van der Waals surface area contributed by atoms with E-state index in [9.17, 15) is 13.5 Å². The van der Waals surface area contributed by atoms with Gasteiger partial charge < -0.3 is 5.11 Å². The molecule has 116 valence electrons. The van der Waals surface area contributed by atoms with E-state index in [1.165, 1.54) is 12.1 Å². The van der Waals surface area contributed by atoms with Crippen molar-refractivity contribution in [3.63, 3.8) is 0 Å². The van der Waals surface area contributed by atoms with Crippen molar-refractivity contribution in [2.24, 2.45) is 5.10 Å². The van der Waals surface area contributed by atoms with Crippen LogP contribution in [0.4, 0.5) is 0 Å². The van der Waals surface area contributed by atoms with Crippen LogP contribution in [0.15, 0.2) is 58.5 Å². The minimum absolute atomic E-state index is 0.152. The number of phenolic OH excluding ortho intramolecular Hbond substituents is 1. The lowest BCUT2D eigenvalue weighted by Gasteiger charge is -2.07. The number of aromatic hydroxyl groups is 1. The number of sulfonamides is 1. The standard InChI is InChI=1S/C16H18N2O3S/c1-3-16(13-6-8-14(19)9-7-13)17-18-22(20,21)15-10-4-12(2)5-11-15/h4-11,18-19H,3H2,1-2H3/b17-16-. The van der Waals surface area contributed by atoms with E-state index >= 15 is 0 Å². The molecule has 0 aliphatic heterocycles. The molecular weight excluding hydrogens is 300 g/mol. The lowest BCUT2D eigenvalue weighted by Crippen LogP contribution is -2.20. The Kier molecular flexibility index (Phi) is 4.82. The molecule has 0 aliphatic carbocycles. The Labute approximate surface area is 130 Å². The van der Waals surface area contributed by atoms with E-state index < -0.39 is 10.0 Å². The molecule has 0 radical (unpaired) electrons. The lowest BCUT2D eigenvalue weighted by molar-refractivity contribution is 0.475. The quantitative estimate of drug-likeness (QED) is 0.657. The highest BCUT2D eigenvalue weighted by atomic mass is 32.2. The maximum atomic E-state index is 12.2. The van der Waals surface area contributed by atoms with Crippen molar-refractivity contribution in [2.75, 3.05) is 0 Å². The fourth-order valence-corrected chi connectivity index (χ4v) is 2.72. The predicted octanol–water partition coefficient (Wildman–Crippen LogP) is 2.79. The molecule has 0 aromatic heterocycles. The molecular formula is C16H18N2O3S. The van der Waals surface area contributed by atoms with Crippen LogP contribution in [0.3, 0.4) is 0 Å². The summed E-state index contributed by atoms with van der Waals surface area (Å²) in [6.45, 7) is 3.77. The third kappa shape index (κ3) is 3.85. The molecule has 0 heterocycles. The summed E-state index contributed by atoms with van der Waals surface area (Å²) in [6, 6.07) is 13.0. The van der Waals surface area contributed by atoms with Crippen LogP contribution >= 0.6 is 0 Å². The number of nitrogens with one attached hydrogen (secondary N) is 1. The van der Waals surface area contributed by atoms with Crippen LogP contribution in [0.2, 0.25) is 0 Å². The summed E-state index contributed by atoms with van der Waals surface area (Å²) >= 11 is 0. The van der Waals surface area contributed by atoms with Crippen LogP contribution < -0.4 is 4.83 Å². The number of aryl methyl sites for hydroxylation is 1. The van der Waals surface area contributed by atoms with E-state index in [-0.39, 0.29) is 10.6 Å². The lowest BCUT2D eigenvalue weighted by atomic mass is 10.1. The van der Waals surface area contributed by atoms with Crippen molar-refractivity contribution in [1.82, 2.24) is 4.83 Å². The fourth-order valence-electron chi connectivity index (χ4n) is 1.89. The van der Waals surface area contributed by atoms with Crippen molar-refractivity contribution in [1.29, 1.82) is 0 Å². The number of benzene rings is 2. The zero-order chi connectivity index (χ0) is 16.2. The highest BCUT2D eigenvalue weighted by Crippen LogP contribution is 2.13. The number of hydrogen-bond donors (Lipinski definition) is 2. The Morgan fingerprint density at radius 1 is 1.09 bits per heavy atom. The zero-order valence-corrected chi connectivity index (χ0v) is 13.3. The van der Waals surface area contributed by atoms with Gasteiger partial charge in [-0.2, -0.15) is 18.4 Å². The fraction of sp³-hybridized carbons (Fsp3) is 0.188.